The van der Waals surface area contributed by atoms with Gasteiger partial charge in [-0.15, -0.1) is 6.58 Å². The molecule has 1 aromatic heterocycles. The quantitative estimate of drug-likeness (QED) is 0.631. The lowest BCUT2D eigenvalue weighted by molar-refractivity contribution is -0.137. The number of carbonyl (C=O) groups is 1. The molecule has 12 heteroatoms. The number of pyridine rings is 1. The first kappa shape index (κ1) is 24.0. The lowest BCUT2D eigenvalue weighted by Crippen LogP contribution is -2.49. The van der Waals surface area contributed by atoms with E-state index in [4.69, 9.17) is 11.6 Å². The van der Waals surface area contributed by atoms with Crippen molar-refractivity contribution in [2.75, 3.05) is 37.6 Å². The van der Waals surface area contributed by atoms with Gasteiger partial charge in [0.2, 0.25) is 10.0 Å². The largest absolute Gasteiger partial charge is 0.417 e. The summed E-state index contributed by atoms with van der Waals surface area (Å²) in [6, 6.07) is 6.40. The Kier molecular flexibility index (Phi) is 7.11. The zero-order valence-electron chi connectivity index (χ0n) is 16.8. The van der Waals surface area contributed by atoms with Gasteiger partial charge in [-0.25, -0.2) is 18.1 Å². The minimum absolute atomic E-state index is 0.0312. The monoisotopic (exact) mass is 488 g/mol. The number of piperazine rings is 1. The van der Waals surface area contributed by atoms with Crippen molar-refractivity contribution in [1.29, 1.82) is 0 Å². The molecule has 3 rings (SSSR count). The van der Waals surface area contributed by atoms with E-state index in [0.29, 0.717) is 31.7 Å². The topological polar surface area (TPSA) is 82.6 Å². The van der Waals surface area contributed by atoms with Gasteiger partial charge in [-0.2, -0.15) is 13.2 Å². The Labute approximate surface area is 188 Å². The fourth-order valence-electron chi connectivity index (χ4n) is 3.15. The third-order valence-electron chi connectivity index (χ3n) is 4.84. The number of benzene rings is 1. The van der Waals surface area contributed by atoms with Gasteiger partial charge in [0.1, 0.15) is 5.82 Å². The van der Waals surface area contributed by atoms with Crippen LogP contribution in [0.3, 0.4) is 0 Å². The molecule has 1 saturated heterocycles. The molecule has 1 fully saturated rings. The van der Waals surface area contributed by atoms with Crippen molar-refractivity contribution in [2.24, 2.45) is 0 Å². The van der Waals surface area contributed by atoms with Gasteiger partial charge in [-0.1, -0.05) is 17.7 Å². The van der Waals surface area contributed by atoms with Crippen LogP contribution in [0, 0.1) is 0 Å². The first-order chi connectivity index (χ1) is 15.0. The van der Waals surface area contributed by atoms with Crippen LogP contribution in [0.25, 0.3) is 0 Å². The van der Waals surface area contributed by atoms with Crippen LogP contribution < -0.4 is 9.62 Å². The van der Waals surface area contributed by atoms with Gasteiger partial charge >= 0.3 is 6.18 Å². The Hall–Kier alpha value is -2.63. The van der Waals surface area contributed by atoms with Crippen molar-refractivity contribution in [2.45, 2.75) is 11.1 Å². The average molecular weight is 489 g/mol. The Morgan fingerprint density at radius 3 is 2.34 bits per heavy atom. The summed E-state index contributed by atoms with van der Waals surface area (Å²) >= 11 is 6.00. The van der Waals surface area contributed by atoms with Crippen LogP contribution >= 0.6 is 11.6 Å². The van der Waals surface area contributed by atoms with Crippen LogP contribution in [0.5, 0.6) is 0 Å². The lowest BCUT2D eigenvalue weighted by atomic mass is 10.2. The molecule has 2 heterocycles. The number of hydrogen-bond acceptors (Lipinski definition) is 5. The smallest absolute Gasteiger partial charge is 0.352 e. The van der Waals surface area contributed by atoms with E-state index in [1.165, 1.54) is 30.3 Å². The molecule has 1 N–H and O–H groups in total. The zero-order chi connectivity index (χ0) is 23.5. The minimum atomic E-state index is -4.53. The Morgan fingerprint density at radius 1 is 1.19 bits per heavy atom. The number of nitrogens with one attached hydrogen (secondary N) is 1. The molecule has 1 aliphatic heterocycles. The zero-order valence-corrected chi connectivity index (χ0v) is 18.3. The summed E-state index contributed by atoms with van der Waals surface area (Å²) < 4.78 is 64.9. The highest BCUT2D eigenvalue weighted by Gasteiger charge is 2.32. The SMILES string of the molecule is C=CCNS(=O)(=O)c1ccc(C(=O)N2CCN(c3ncc(C(F)(F)F)cc3Cl)CC2)cc1. The number of sulfonamides is 1. The molecule has 1 amide bonds. The molecular weight excluding hydrogens is 469 g/mol. The molecular formula is C20H20ClF3N4O3S. The summed E-state index contributed by atoms with van der Waals surface area (Å²) in [7, 11) is -3.69. The van der Waals surface area contributed by atoms with Gasteiger partial charge in [0, 0.05) is 44.5 Å². The molecule has 0 atom stereocenters. The second-order valence-electron chi connectivity index (χ2n) is 6.97. The number of carbonyl (C=O) groups excluding carboxylic acids is 1. The fourth-order valence-corrected chi connectivity index (χ4v) is 4.44. The van der Waals surface area contributed by atoms with Gasteiger partial charge in [0.25, 0.3) is 5.91 Å². The molecule has 7 nitrogen and oxygen atoms in total. The van der Waals surface area contributed by atoms with Crippen molar-refractivity contribution < 1.29 is 26.4 Å². The fraction of sp³-hybridized carbons (Fsp3) is 0.300. The Bertz CT molecular complexity index is 1100. The lowest BCUT2D eigenvalue weighted by Gasteiger charge is -2.35. The van der Waals surface area contributed by atoms with Crippen LogP contribution in [0.4, 0.5) is 19.0 Å². The summed E-state index contributed by atoms with van der Waals surface area (Å²) in [6.07, 6.45) is -2.38. The van der Waals surface area contributed by atoms with E-state index in [9.17, 15) is 26.4 Å². The first-order valence-corrected chi connectivity index (χ1v) is 11.4. The average Bonchev–Trinajstić information content (AvgIpc) is 2.77. The van der Waals surface area contributed by atoms with Crippen molar-refractivity contribution in [3.63, 3.8) is 0 Å². The van der Waals surface area contributed by atoms with Crippen LogP contribution in [0.15, 0.2) is 54.1 Å². The number of rotatable bonds is 6. The highest BCUT2D eigenvalue weighted by atomic mass is 35.5. The van der Waals surface area contributed by atoms with E-state index in [2.05, 4.69) is 16.3 Å². The standard InChI is InChI=1S/C20H20ClF3N4O3S/c1-2-7-26-32(30,31)16-5-3-14(4-6-16)19(29)28-10-8-27(9-11-28)18-17(21)12-15(13-25-18)20(22,23)24/h2-6,12-13,26H,1,7-11H2. The number of alkyl halides is 3. The Balaban J connectivity index is 1.64. The number of anilines is 1. The highest BCUT2D eigenvalue weighted by Crippen LogP contribution is 2.33. The van der Waals surface area contributed by atoms with E-state index in [0.717, 1.165) is 12.3 Å². The van der Waals surface area contributed by atoms with Gasteiger partial charge in [-0.05, 0) is 30.3 Å². The maximum Gasteiger partial charge on any atom is 0.417 e. The molecule has 32 heavy (non-hydrogen) atoms. The molecule has 0 spiro atoms. The summed E-state index contributed by atoms with van der Waals surface area (Å²) in [5.41, 5.74) is -0.600. The molecule has 1 aromatic carbocycles. The van der Waals surface area contributed by atoms with E-state index in [-0.39, 0.29) is 28.2 Å². The molecule has 0 aliphatic carbocycles. The summed E-state index contributed by atoms with van der Waals surface area (Å²) in [5.74, 6) is -0.0486. The second kappa shape index (κ2) is 9.47. The molecule has 0 radical (unpaired) electrons. The number of halogens is 4. The van der Waals surface area contributed by atoms with Crippen molar-refractivity contribution >= 4 is 33.3 Å². The van der Waals surface area contributed by atoms with E-state index < -0.39 is 21.8 Å². The van der Waals surface area contributed by atoms with Gasteiger partial charge < -0.3 is 9.80 Å². The maximum atomic E-state index is 12.8. The maximum absolute atomic E-state index is 12.8. The molecule has 0 saturated carbocycles. The molecule has 1 aliphatic rings. The number of aromatic nitrogens is 1. The highest BCUT2D eigenvalue weighted by molar-refractivity contribution is 7.89. The summed E-state index contributed by atoms with van der Waals surface area (Å²) in [5, 5.41) is -0.110. The van der Waals surface area contributed by atoms with Gasteiger partial charge in [0.15, 0.2) is 0 Å². The van der Waals surface area contributed by atoms with Crippen LogP contribution in [0.2, 0.25) is 5.02 Å². The third kappa shape index (κ3) is 5.40. The first-order valence-electron chi connectivity index (χ1n) is 9.50. The Morgan fingerprint density at radius 2 is 1.81 bits per heavy atom. The summed E-state index contributed by atoms with van der Waals surface area (Å²) in [6.45, 7) is 4.82. The number of hydrogen-bond donors (Lipinski definition) is 1. The van der Waals surface area contributed by atoms with Crippen LogP contribution in [0.1, 0.15) is 15.9 Å². The van der Waals surface area contributed by atoms with E-state index >= 15 is 0 Å². The van der Waals surface area contributed by atoms with E-state index in [1.54, 1.807) is 9.80 Å². The minimum Gasteiger partial charge on any atom is -0.352 e. The third-order valence-corrected chi connectivity index (χ3v) is 6.56. The molecule has 0 bridgehead atoms. The second-order valence-corrected chi connectivity index (χ2v) is 9.15. The number of nitrogens with zero attached hydrogens (tertiary/aromatic N) is 3. The van der Waals surface area contributed by atoms with Crippen molar-refractivity contribution in [3.8, 4) is 0 Å². The van der Waals surface area contributed by atoms with Gasteiger partial charge in [-0.3, -0.25) is 4.79 Å². The molecule has 0 unspecified atom stereocenters. The molecule has 2 aromatic rings. The molecule has 172 valence electrons. The van der Waals surface area contributed by atoms with Crippen molar-refractivity contribution in [3.05, 3.63) is 65.3 Å². The van der Waals surface area contributed by atoms with Gasteiger partial charge in [0.05, 0.1) is 15.5 Å². The van der Waals surface area contributed by atoms with Crippen molar-refractivity contribution in [1.82, 2.24) is 14.6 Å². The predicted octanol–water partition coefficient (Wildman–Crippen LogP) is 3.18. The van der Waals surface area contributed by atoms with Crippen LogP contribution in [-0.4, -0.2) is 56.9 Å². The normalized spacial score (nSPS) is 15.0. The van der Waals surface area contributed by atoms with Crippen LogP contribution in [-0.2, 0) is 16.2 Å². The van der Waals surface area contributed by atoms with E-state index in [1.807, 2.05) is 0 Å². The number of amides is 1. The summed E-state index contributed by atoms with van der Waals surface area (Å²) in [4.78, 5) is 19.9. The predicted molar refractivity (Wildman–Crippen MR) is 114 cm³/mol.